The Hall–Kier alpha value is -3.99. The summed E-state index contributed by atoms with van der Waals surface area (Å²) in [6.45, 7) is 2.60. The fraction of sp³-hybridized carbons (Fsp3) is 0.385. The van der Waals surface area contributed by atoms with Gasteiger partial charge in [-0.05, 0) is 49.9 Å². The summed E-state index contributed by atoms with van der Waals surface area (Å²) in [5.41, 5.74) is 0.941. The SMILES string of the molecule is CC(=O)N1CCN(C2CCC(C(=O)Nc3c(C(=O)Nc4ccc(Cl)cn4)oc4cccnc34)CC2)C(=O)C1. The van der Waals surface area contributed by atoms with E-state index >= 15 is 0 Å². The van der Waals surface area contributed by atoms with E-state index in [-0.39, 0.29) is 53.5 Å². The first-order valence-electron chi connectivity index (χ1n) is 12.5. The Balaban J connectivity index is 1.26. The zero-order chi connectivity index (χ0) is 26.8. The van der Waals surface area contributed by atoms with E-state index in [4.69, 9.17) is 16.0 Å². The molecule has 0 aromatic carbocycles. The Morgan fingerprint density at radius 2 is 1.84 bits per heavy atom. The van der Waals surface area contributed by atoms with Gasteiger partial charge in [-0.25, -0.2) is 4.98 Å². The number of rotatable bonds is 5. The summed E-state index contributed by atoms with van der Waals surface area (Å²) in [5.74, 6) is -1.06. The number of nitrogens with zero attached hydrogens (tertiary/aromatic N) is 4. The van der Waals surface area contributed by atoms with Gasteiger partial charge in [-0.3, -0.25) is 24.2 Å². The highest BCUT2D eigenvalue weighted by atomic mass is 35.5. The Kier molecular flexibility index (Phi) is 7.28. The van der Waals surface area contributed by atoms with Crippen LogP contribution in [-0.2, 0) is 14.4 Å². The maximum Gasteiger partial charge on any atom is 0.294 e. The normalized spacial score (nSPS) is 19.9. The van der Waals surface area contributed by atoms with Gasteiger partial charge in [0.1, 0.15) is 17.0 Å². The third-order valence-corrected chi connectivity index (χ3v) is 7.30. The van der Waals surface area contributed by atoms with Crippen LogP contribution in [0.1, 0.15) is 43.2 Å². The topological polar surface area (TPSA) is 138 Å². The second kappa shape index (κ2) is 10.8. The van der Waals surface area contributed by atoms with Crippen LogP contribution in [-0.4, -0.2) is 69.1 Å². The lowest BCUT2D eigenvalue weighted by Gasteiger charge is -2.41. The average Bonchev–Trinajstić information content (AvgIpc) is 3.28. The van der Waals surface area contributed by atoms with E-state index in [9.17, 15) is 19.2 Å². The van der Waals surface area contributed by atoms with Crippen molar-refractivity contribution in [2.75, 3.05) is 30.3 Å². The molecule has 2 N–H and O–H groups in total. The summed E-state index contributed by atoms with van der Waals surface area (Å²) in [6, 6.07) is 6.55. The predicted octanol–water partition coefficient (Wildman–Crippen LogP) is 3.32. The van der Waals surface area contributed by atoms with Crippen molar-refractivity contribution in [2.45, 2.75) is 38.6 Å². The predicted molar refractivity (Wildman–Crippen MR) is 140 cm³/mol. The number of furan rings is 1. The highest BCUT2D eigenvalue weighted by molar-refractivity contribution is 6.30. The van der Waals surface area contributed by atoms with E-state index in [2.05, 4.69) is 20.6 Å². The first kappa shape index (κ1) is 25.7. The molecule has 4 heterocycles. The third kappa shape index (κ3) is 5.33. The number of fused-ring (bicyclic) bond motifs is 1. The molecule has 3 aromatic heterocycles. The van der Waals surface area contributed by atoms with Crippen LogP contribution in [0.3, 0.4) is 0 Å². The summed E-state index contributed by atoms with van der Waals surface area (Å²) >= 11 is 5.87. The summed E-state index contributed by atoms with van der Waals surface area (Å²) in [5, 5.41) is 5.96. The van der Waals surface area contributed by atoms with Gasteiger partial charge < -0.3 is 24.9 Å². The lowest BCUT2D eigenvalue weighted by molar-refractivity contribution is -0.147. The van der Waals surface area contributed by atoms with E-state index in [1.807, 2.05) is 4.90 Å². The standard InChI is InChI=1S/C26H27ClN6O5/c1-15(34)32-11-12-33(21(35)14-32)18-7-4-16(5-8-18)25(36)31-23-22-19(3-2-10-28-22)38-24(23)26(37)30-20-9-6-17(27)13-29-20/h2-3,6,9-10,13,16,18H,4-5,7-8,11-12,14H2,1H3,(H,31,36)(H,29,30,37). The quantitative estimate of drug-likeness (QED) is 0.508. The molecule has 3 aromatic rings. The Bertz CT molecular complexity index is 1380. The van der Waals surface area contributed by atoms with Gasteiger partial charge >= 0.3 is 0 Å². The molecule has 0 atom stereocenters. The average molecular weight is 539 g/mol. The van der Waals surface area contributed by atoms with Crippen molar-refractivity contribution < 1.29 is 23.6 Å². The highest BCUT2D eigenvalue weighted by Gasteiger charge is 2.35. The number of piperazine rings is 1. The Morgan fingerprint density at radius 3 is 2.53 bits per heavy atom. The third-order valence-electron chi connectivity index (χ3n) is 7.08. The number of halogens is 1. The smallest absolute Gasteiger partial charge is 0.294 e. The van der Waals surface area contributed by atoms with Crippen molar-refractivity contribution in [2.24, 2.45) is 5.92 Å². The first-order valence-corrected chi connectivity index (χ1v) is 12.8. The van der Waals surface area contributed by atoms with Crippen molar-refractivity contribution in [1.82, 2.24) is 19.8 Å². The molecular weight excluding hydrogens is 512 g/mol. The monoisotopic (exact) mass is 538 g/mol. The Labute approximate surface area is 223 Å². The number of carbonyl (C=O) groups excluding carboxylic acids is 4. The molecule has 1 aliphatic carbocycles. The number of hydrogen-bond donors (Lipinski definition) is 2. The zero-order valence-corrected chi connectivity index (χ0v) is 21.5. The van der Waals surface area contributed by atoms with Crippen LogP contribution >= 0.6 is 11.6 Å². The van der Waals surface area contributed by atoms with Gasteiger partial charge in [-0.1, -0.05) is 11.6 Å². The minimum atomic E-state index is -0.583. The van der Waals surface area contributed by atoms with Crippen molar-refractivity contribution in [3.05, 3.63) is 47.4 Å². The molecule has 0 bridgehead atoms. The van der Waals surface area contributed by atoms with Crippen LogP contribution in [0.15, 0.2) is 41.1 Å². The van der Waals surface area contributed by atoms with E-state index in [0.29, 0.717) is 54.9 Å². The molecule has 11 nitrogen and oxygen atoms in total. The van der Waals surface area contributed by atoms with Gasteiger partial charge in [0.15, 0.2) is 5.58 Å². The summed E-state index contributed by atoms with van der Waals surface area (Å²) in [6.07, 6.45) is 5.52. The lowest BCUT2D eigenvalue weighted by atomic mass is 9.84. The molecule has 1 saturated heterocycles. The molecule has 2 fully saturated rings. The molecule has 38 heavy (non-hydrogen) atoms. The van der Waals surface area contributed by atoms with Crippen LogP contribution in [0.4, 0.5) is 11.5 Å². The number of hydrogen-bond acceptors (Lipinski definition) is 7. The van der Waals surface area contributed by atoms with Gasteiger partial charge in [-0.2, -0.15) is 0 Å². The molecule has 1 saturated carbocycles. The maximum atomic E-state index is 13.3. The fourth-order valence-electron chi connectivity index (χ4n) is 5.04. The van der Waals surface area contributed by atoms with Crippen LogP contribution in [0.2, 0.25) is 5.02 Å². The van der Waals surface area contributed by atoms with Crippen molar-refractivity contribution in [1.29, 1.82) is 0 Å². The van der Waals surface area contributed by atoms with E-state index in [1.165, 1.54) is 13.1 Å². The molecule has 2 aliphatic rings. The largest absolute Gasteiger partial charge is 0.447 e. The highest BCUT2D eigenvalue weighted by Crippen LogP contribution is 2.33. The van der Waals surface area contributed by atoms with Crippen LogP contribution < -0.4 is 10.6 Å². The molecule has 198 valence electrons. The molecule has 0 radical (unpaired) electrons. The summed E-state index contributed by atoms with van der Waals surface area (Å²) in [7, 11) is 0. The van der Waals surface area contributed by atoms with Gasteiger partial charge in [0.05, 0.1) is 11.6 Å². The van der Waals surface area contributed by atoms with E-state index in [1.54, 1.807) is 35.4 Å². The number of amides is 4. The molecular formula is C26H27ClN6O5. The summed E-state index contributed by atoms with van der Waals surface area (Å²) in [4.78, 5) is 62.3. The minimum Gasteiger partial charge on any atom is -0.447 e. The van der Waals surface area contributed by atoms with Crippen molar-refractivity contribution >= 4 is 57.8 Å². The molecule has 4 amide bonds. The van der Waals surface area contributed by atoms with Crippen LogP contribution in [0.5, 0.6) is 0 Å². The van der Waals surface area contributed by atoms with Crippen LogP contribution in [0, 0.1) is 5.92 Å². The van der Waals surface area contributed by atoms with Gasteiger partial charge in [0, 0.05) is 44.4 Å². The molecule has 12 heteroatoms. The fourth-order valence-corrected chi connectivity index (χ4v) is 5.16. The van der Waals surface area contributed by atoms with Crippen LogP contribution in [0.25, 0.3) is 11.1 Å². The Morgan fingerprint density at radius 1 is 1.05 bits per heavy atom. The van der Waals surface area contributed by atoms with Gasteiger partial charge in [-0.15, -0.1) is 0 Å². The summed E-state index contributed by atoms with van der Waals surface area (Å²) < 4.78 is 5.76. The maximum absolute atomic E-state index is 13.3. The van der Waals surface area contributed by atoms with Gasteiger partial charge in [0.25, 0.3) is 5.91 Å². The number of anilines is 2. The van der Waals surface area contributed by atoms with Crippen molar-refractivity contribution in [3.8, 4) is 0 Å². The molecule has 0 spiro atoms. The van der Waals surface area contributed by atoms with E-state index < -0.39 is 5.91 Å². The molecule has 1 aliphatic heterocycles. The number of nitrogens with one attached hydrogen (secondary N) is 2. The second-order valence-corrected chi connectivity index (χ2v) is 9.93. The minimum absolute atomic E-state index is 0.0466. The second-order valence-electron chi connectivity index (χ2n) is 9.49. The first-order chi connectivity index (χ1) is 18.3. The number of carbonyl (C=O) groups is 4. The molecule has 0 unspecified atom stereocenters. The van der Waals surface area contributed by atoms with Gasteiger partial charge in [0.2, 0.25) is 23.5 Å². The zero-order valence-electron chi connectivity index (χ0n) is 20.8. The lowest BCUT2D eigenvalue weighted by Crippen LogP contribution is -2.55. The van der Waals surface area contributed by atoms with E-state index in [0.717, 1.165) is 0 Å². The molecule has 5 rings (SSSR count). The number of pyridine rings is 2. The van der Waals surface area contributed by atoms with Crippen molar-refractivity contribution in [3.63, 3.8) is 0 Å². The number of aromatic nitrogens is 2.